The first kappa shape index (κ1) is 11.5. The lowest BCUT2D eigenvalue weighted by atomic mass is 10.2. The number of halogens is 1. The van der Waals surface area contributed by atoms with Crippen LogP contribution in [0.25, 0.3) is 0 Å². The molecule has 2 aromatic rings. The third-order valence-corrected chi connectivity index (χ3v) is 2.36. The predicted molar refractivity (Wildman–Crippen MR) is 61.4 cm³/mol. The van der Waals surface area contributed by atoms with Gasteiger partial charge < -0.3 is 9.84 Å². The summed E-state index contributed by atoms with van der Waals surface area (Å²) < 4.78 is 19.0. The molecule has 0 radical (unpaired) electrons. The Morgan fingerprint density at radius 2 is 2.12 bits per heavy atom. The van der Waals surface area contributed by atoms with Crippen LogP contribution in [-0.4, -0.2) is 10.1 Å². The molecule has 0 amide bonds. The normalized spacial score (nSPS) is 10.3. The molecule has 88 valence electrons. The number of benzene rings is 1. The van der Waals surface area contributed by atoms with E-state index in [2.05, 4.69) is 4.98 Å². The van der Waals surface area contributed by atoms with Crippen LogP contribution >= 0.6 is 0 Å². The molecule has 0 fully saturated rings. The number of pyridine rings is 1. The summed E-state index contributed by atoms with van der Waals surface area (Å²) in [4.78, 5) is 4.05. The van der Waals surface area contributed by atoms with Crippen molar-refractivity contribution >= 4 is 0 Å². The Bertz CT molecular complexity index is 529. The number of ether oxygens (including phenoxy) is 1. The minimum Gasteiger partial charge on any atom is -0.452 e. The van der Waals surface area contributed by atoms with E-state index in [1.807, 2.05) is 0 Å². The van der Waals surface area contributed by atoms with Gasteiger partial charge in [-0.3, -0.25) is 4.98 Å². The van der Waals surface area contributed by atoms with E-state index in [0.29, 0.717) is 17.0 Å². The quantitative estimate of drug-likeness (QED) is 0.886. The highest BCUT2D eigenvalue weighted by molar-refractivity contribution is 5.35. The van der Waals surface area contributed by atoms with E-state index in [-0.39, 0.29) is 12.4 Å². The van der Waals surface area contributed by atoms with Crippen molar-refractivity contribution in [3.8, 4) is 11.5 Å². The molecule has 0 spiro atoms. The van der Waals surface area contributed by atoms with Gasteiger partial charge in [0.25, 0.3) is 0 Å². The average molecular weight is 233 g/mol. The van der Waals surface area contributed by atoms with E-state index in [1.165, 1.54) is 12.1 Å². The van der Waals surface area contributed by atoms with Gasteiger partial charge in [0.15, 0.2) is 11.6 Å². The van der Waals surface area contributed by atoms with Gasteiger partial charge in [0, 0.05) is 6.20 Å². The summed E-state index contributed by atoms with van der Waals surface area (Å²) in [6.07, 6.45) is 1.65. The second-order valence-corrected chi connectivity index (χ2v) is 3.61. The third kappa shape index (κ3) is 2.60. The van der Waals surface area contributed by atoms with E-state index in [1.54, 1.807) is 31.3 Å². The number of aliphatic hydroxyl groups is 1. The van der Waals surface area contributed by atoms with E-state index in [4.69, 9.17) is 9.84 Å². The standard InChI is InChI=1S/C13H12FNO2/c1-9-12(3-2-6-15-9)17-13-5-4-10(8-16)7-11(13)14/h2-7,16H,8H2,1H3. The predicted octanol–water partition coefficient (Wildman–Crippen LogP) is 2.81. The third-order valence-electron chi connectivity index (χ3n) is 2.36. The molecule has 17 heavy (non-hydrogen) atoms. The number of rotatable bonds is 3. The second kappa shape index (κ2) is 4.93. The van der Waals surface area contributed by atoms with Gasteiger partial charge in [0.05, 0.1) is 12.3 Å². The summed E-state index contributed by atoms with van der Waals surface area (Å²) in [5, 5.41) is 8.87. The highest BCUT2D eigenvalue weighted by Gasteiger charge is 2.07. The van der Waals surface area contributed by atoms with Gasteiger partial charge >= 0.3 is 0 Å². The van der Waals surface area contributed by atoms with Crippen LogP contribution in [0.3, 0.4) is 0 Å². The summed E-state index contributed by atoms with van der Waals surface area (Å²) in [6, 6.07) is 7.81. The van der Waals surface area contributed by atoms with Crippen molar-refractivity contribution in [2.24, 2.45) is 0 Å². The lowest BCUT2D eigenvalue weighted by Gasteiger charge is -2.09. The largest absolute Gasteiger partial charge is 0.452 e. The van der Waals surface area contributed by atoms with Crippen LogP contribution in [0, 0.1) is 12.7 Å². The fourth-order valence-corrected chi connectivity index (χ4v) is 1.42. The van der Waals surface area contributed by atoms with Crippen LogP contribution in [0.15, 0.2) is 36.5 Å². The van der Waals surface area contributed by atoms with Crippen molar-refractivity contribution in [1.29, 1.82) is 0 Å². The van der Waals surface area contributed by atoms with Crippen molar-refractivity contribution in [2.45, 2.75) is 13.5 Å². The van der Waals surface area contributed by atoms with Crippen molar-refractivity contribution in [2.75, 3.05) is 0 Å². The highest BCUT2D eigenvalue weighted by atomic mass is 19.1. The SMILES string of the molecule is Cc1ncccc1Oc1ccc(CO)cc1F. The Morgan fingerprint density at radius 1 is 1.29 bits per heavy atom. The summed E-state index contributed by atoms with van der Waals surface area (Å²) in [7, 11) is 0. The summed E-state index contributed by atoms with van der Waals surface area (Å²) >= 11 is 0. The maximum Gasteiger partial charge on any atom is 0.166 e. The first-order chi connectivity index (χ1) is 8.20. The zero-order valence-electron chi connectivity index (χ0n) is 9.35. The molecule has 1 aromatic carbocycles. The van der Waals surface area contributed by atoms with Gasteiger partial charge in [-0.15, -0.1) is 0 Å². The molecule has 0 aliphatic heterocycles. The monoisotopic (exact) mass is 233 g/mol. The van der Waals surface area contributed by atoms with Crippen molar-refractivity contribution in [1.82, 2.24) is 4.98 Å². The van der Waals surface area contributed by atoms with Crippen LogP contribution in [-0.2, 0) is 6.61 Å². The van der Waals surface area contributed by atoms with Crippen LogP contribution in [0.2, 0.25) is 0 Å². The van der Waals surface area contributed by atoms with Gasteiger partial charge in [-0.2, -0.15) is 0 Å². The number of aryl methyl sites for hydroxylation is 1. The lowest BCUT2D eigenvalue weighted by Crippen LogP contribution is -1.93. The Labute approximate surface area is 98.5 Å². The molecule has 0 aliphatic rings. The average Bonchev–Trinajstić information content (AvgIpc) is 2.34. The summed E-state index contributed by atoms with van der Waals surface area (Å²) in [5.41, 5.74) is 1.20. The number of hydrogen-bond acceptors (Lipinski definition) is 3. The molecule has 2 rings (SSSR count). The molecule has 1 N–H and O–H groups in total. The molecule has 4 heteroatoms. The first-order valence-corrected chi connectivity index (χ1v) is 5.19. The Hall–Kier alpha value is -1.94. The maximum atomic E-state index is 13.6. The number of hydrogen-bond donors (Lipinski definition) is 1. The molecule has 1 heterocycles. The van der Waals surface area contributed by atoms with Crippen molar-refractivity contribution < 1.29 is 14.2 Å². The Balaban J connectivity index is 2.28. The van der Waals surface area contributed by atoms with Crippen LogP contribution < -0.4 is 4.74 Å². The van der Waals surface area contributed by atoms with Gasteiger partial charge in [0.2, 0.25) is 0 Å². The number of aliphatic hydroxyl groups excluding tert-OH is 1. The van der Waals surface area contributed by atoms with Crippen LogP contribution in [0.1, 0.15) is 11.3 Å². The van der Waals surface area contributed by atoms with E-state index in [0.717, 1.165) is 0 Å². The molecule has 3 nitrogen and oxygen atoms in total. The highest BCUT2D eigenvalue weighted by Crippen LogP contribution is 2.26. The fourth-order valence-electron chi connectivity index (χ4n) is 1.42. The van der Waals surface area contributed by atoms with Gasteiger partial charge in [-0.05, 0) is 36.8 Å². The number of nitrogens with zero attached hydrogens (tertiary/aromatic N) is 1. The zero-order chi connectivity index (χ0) is 12.3. The van der Waals surface area contributed by atoms with E-state index in [9.17, 15) is 4.39 Å². The second-order valence-electron chi connectivity index (χ2n) is 3.61. The molecule has 1 aromatic heterocycles. The molecule has 0 bridgehead atoms. The van der Waals surface area contributed by atoms with Gasteiger partial charge in [-0.25, -0.2) is 4.39 Å². The zero-order valence-corrected chi connectivity index (χ0v) is 9.35. The lowest BCUT2D eigenvalue weighted by molar-refractivity contribution is 0.281. The molecule has 0 saturated carbocycles. The summed E-state index contributed by atoms with van der Waals surface area (Å²) in [6.45, 7) is 1.60. The molecule has 0 unspecified atom stereocenters. The smallest absolute Gasteiger partial charge is 0.166 e. The van der Waals surface area contributed by atoms with Crippen molar-refractivity contribution in [3.05, 3.63) is 53.6 Å². The molecule has 0 saturated heterocycles. The molecule has 0 aliphatic carbocycles. The van der Waals surface area contributed by atoms with Crippen molar-refractivity contribution in [3.63, 3.8) is 0 Å². The maximum absolute atomic E-state index is 13.6. The van der Waals surface area contributed by atoms with E-state index < -0.39 is 5.82 Å². The minimum absolute atomic E-state index is 0.123. The fraction of sp³-hybridized carbons (Fsp3) is 0.154. The Morgan fingerprint density at radius 3 is 2.76 bits per heavy atom. The molecular weight excluding hydrogens is 221 g/mol. The molecule has 0 atom stereocenters. The van der Waals surface area contributed by atoms with Gasteiger partial charge in [0.1, 0.15) is 5.75 Å². The van der Waals surface area contributed by atoms with Gasteiger partial charge in [-0.1, -0.05) is 6.07 Å². The minimum atomic E-state index is -0.500. The number of aromatic nitrogens is 1. The molecular formula is C13H12FNO2. The first-order valence-electron chi connectivity index (χ1n) is 5.19. The summed E-state index contributed by atoms with van der Waals surface area (Å²) in [5.74, 6) is 0.140. The van der Waals surface area contributed by atoms with E-state index >= 15 is 0 Å². The van der Waals surface area contributed by atoms with Crippen LogP contribution in [0.4, 0.5) is 4.39 Å². The topological polar surface area (TPSA) is 42.4 Å². The van der Waals surface area contributed by atoms with Crippen LogP contribution in [0.5, 0.6) is 11.5 Å². The Kier molecular flexibility index (Phi) is 3.35.